The van der Waals surface area contributed by atoms with Gasteiger partial charge in [-0.2, -0.15) is 0 Å². The van der Waals surface area contributed by atoms with Gasteiger partial charge in [-0.25, -0.2) is 9.18 Å². The van der Waals surface area contributed by atoms with E-state index >= 15 is 0 Å². The fourth-order valence-corrected chi connectivity index (χ4v) is 1.86. The van der Waals surface area contributed by atoms with Gasteiger partial charge in [0.1, 0.15) is 11.4 Å². The number of hydrogen-bond donors (Lipinski definition) is 1. The molecule has 1 fully saturated rings. The van der Waals surface area contributed by atoms with Crippen LogP contribution in [0.2, 0.25) is 0 Å². The van der Waals surface area contributed by atoms with Crippen molar-refractivity contribution in [2.24, 2.45) is 5.73 Å². The second-order valence-electron chi connectivity index (χ2n) is 4.51. The summed E-state index contributed by atoms with van der Waals surface area (Å²) in [5.41, 5.74) is 5.65. The molecule has 1 aliphatic rings. The van der Waals surface area contributed by atoms with Crippen molar-refractivity contribution >= 4 is 6.09 Å². The van der Waals surface area contributed by atoms with Gasteiger partial charge in [-0.3, -0.25) is 4.90 Å². The van der Waals surface area contributed by atoms with Crippen molar-refractivity contribution < 1.29 is 13.9 Å². The maximum atomic E-state index is 13.0. The normalized spacial score (nSPS) is 23.9. The first-order valence-corrected chi connectivity index (χ1v) is 5.45. The molecule has 4 nitrogen and oxygen atoms in total. The molecular weight excluding hydrogens is 223 g/mol. The van der Waals surface area contributed by atoms with Crippen LogP contribution < -0.4 is 5.73 Å². The molecule has 17 heavy (non-hydrogen) atoms. The summed E-state index contributed by atoms with van der Waals surface area (Å²) in [6.45, 7) is 2.83. The molecule has 5 heteroatoms. The number of benzene rings is 1. The molecule has 1 aliphatic heterocycles. The van der Waals surface area contributed by atoms with Gasteiger partial charge in [-0.05, 0) is 24.6 Å². The van der Waals surface area contributed by atoms with Gasteiger partial charge in [0.2, 0.25) is 0 Å². The van der Waals surface area contributed by atoms with Crippen LogP contribution in [0.3, 0.4) is 0 Å². The van der Waals surface area contributed by atoms with Crippen LogP contribution in [-0.4, -0.2) is 29.7 Å². The zero-order chi connectivity index (χ0) is 12.5. The van der Waals surface area contributed by atoms with Crippen molar-refractivity contribution in [2.45, 2.75) is 19.1 Å². The van der Waals surface area contributed by atoms with E-state index in [1.54, 1.807) is 19.1 Å². The first kappa shape index (κ1) is 11.9. The molecular formula is C12H15FN2O2. The monoisotopic (exact) mass is 238 g/mol. The van der Waals surface area contributed by atoms with Crippen molar-refractivity contribution in [3.8, 4) is 0 Å². The predicted octanol–water partition coefficient (Wildman–Crippen LogP) is 1.50. The van der Waals surface area contributed by atoms with Crippen LogP contribution in [0.4, 0.5) is 9.18 Å². The van der Waals surface area contributed by atoms with E-state index in [-0.39, 0.29) is 12.4 Å². The summed E-state index contributed by atoms with van der Waals surface area (Å²) in [6.07, 6.45) is -0.401. The number of carbonyl (C=O) groups is 1. The minimum Gasteiger partial charge on any atom is -0.440 e. The quantitative estimate of drug-likeness (QED) is 0.868. The average molecular weight is 238 g/mol. The molecule has 0 aliphatic carbocycles. The van der Waals surface area contributed by atoms with Crippen LogP contribution in [0.5, 0.6) is 0 Å². The van der Waals surface area contributed by atoms with E-state index in [0.717, 1.165) is 5.56 Å². The maximum Gasteiger partial charge on any atom is 0.410 e. The molecule has 1 atom stereocenters. The van der Waals surface area contributed by atoms with E-state index in [2.05, 4.69) is 0 Å². The number of hydrogen-bond acceptors (Lipinski definition) is 3. The lowest BCUT2D eigenvalue weighted by Gasteiger charge is -2.19. The van der Waals surface area contributed by atoms with E-state index in [1.807, 2.05) is 0 Å². The largest absolute Gasteiger partial charge is 0.440 e. The molecule has 1 amide bonds. The lowest BCUT2D eigenvalue weighted by molar-refractivity contribution is 0.0781. The summed E-state index contributed by atoms with van der Waals surface area (Å²) in [6, 6.07) is 6.17. The standard InChI is InChI=1S/C12H15FN2O2/c1-12(7-14)8-15(11(16)17-12)6-9-3-2-4-10(13)5-9/h2-5H,6-8,14H2,1H3. The van der Waals surface area contributed by atoms with E-state index in [0.29, 0.717) is 13.1 Å². The van der Waals surface area contributed by atoms with Gasteiger partial charge in [-0.1, -0.05) is 12.1 Å². The summed E-state index contributed by atoms with van der Waals surface area (Å²) in [7, 11) is 0. The Hall–Kier alpha value is -1.62. The summed E-state index contributed by atoms with van der Waals surface area (Å²) in [4.78, 5) is 13.1. The van der Waals surface area contributed by atoms with E-state index < -0.39 is 11.7 Å². The van der Waals surface area contributed by atoms with Gasteiger partial charge in [0, 0.05) is 13.1 Å². The third kappa shape index (κ3) is 2.55. The zero-order valence-corrected chi connectivity index (χ0v) is 9.65. The summed E-state index contributed by atoms with van der Waals surface area (Å²) >= 11 is 0. The summed E-state index contributed by atoms with van der Waals surface area (Å²) in [5.74, 6) is -0.309. The smallest absolute Gasteiger partial charge is 0.410 e. The molecule has 1 saturated heterocycles. The molecule has 0 spiro atoms. The molecule has 1 aromatic carbocycles. The van der Waals surface area contributed by atoms with Crippen molar-refractivity contribution in [1.29, 1.82) is 0 Å². The van der Waals surface area contributed by atoms with Crippen molar-refractivity contribution in [1.82, 2.24) is 4.90 Å². The highest BCUT2D eigenvalue weighted by molar-refractivity contribution is 5.70. The van der Waals surface area contributed by atoms with E-state index in [4.69, 9.17) is 10.5 Å². The Balaban J connectivity index is 2.08. The maximum absolute atomic E-state index is 13.0. The minimum absolute atomic E-state index is 0.276. The molecule has 0 aromatic heterocycles. The fraction of sp³-hybridized carbons (Fsp3) is 0.417. The number of carbonyl (C=O) groups excluding carboxylic acids is 1. The van der Waals surface area contributed by atoms with Gasteiger partial charge in [0.15, 0.2) is 0 Å². The number of ether oxygens (including phenoxy) is 1. The highest BCUT2D eigenvalue weighted by atomic mass is 19.1. The molecule has 1 unspecified atom stereocenters. The highest BCUT2D eigenvalue weighted by Gasteiger charge is 2.40. The van der Waals surface area contributed by atoms with Gasteiger partial charge in [0.05, 0.1) is 6.54 Å². The number of amides is 1. The summed E-state index contributed by atoms with van der Waals surface area (Å²) in [5, 5.41) is 0. The molecule has 2 N–H and O–H groups in total. The van der Waals surface area contributed by atoms with Crippen molar-refractivity contribution in [3.63, 3.8) is 0 Å². The van der Waals surface area contributed by atoms with Gasteiger partial charge < -0.3 is 10.5 Å². The zero-order valence-electron chi connectivity index (χ0n) is 9.65. The van der Waals surface area contributed by atoms with Crippen molar-refractivity contribution in [3.05, 3.63) is 35.6 Å². The lowest BCUT2D eigenvalue weighted by atomic mass is 10.1. The molecule has 92 valence electrons. The van der Waals surface area contributed by atoms with Crippen LogP contribution >= 0.6 is 0 Å². The topological polar surface area (TPSA) is 55.6 Å². The molecule has 1 aromatic rings. The van der Waals surface area contributed by atoms with Crippen LogP contribution in [0, 0.1) is 5.82 Å². The van der Waals surface area contributed by atoms with Gasteiger partial charge in [-0.15, -0.1) is 0 Å². The Labute approximate surface area is 99.2 Å². The number of rotatable bonds is 3. The molecule has 2 rings (SSSR count). The van der Waals surface area contributed by atoms with Crippen LogP contribution in [0.25, 0.3) is 0 Å². The number of nitrogens with zero attached hydrogens (tertiary/aromatic N) is 1. The number of nitrogens with two attached hydrogens (primary N) is 1. The van der Waals surface area contributed by atoms with E-state index in [9.17, 15) is 9.18 Å². The Morgan fingerprint density at radius 1 is 1.59 bits per heavy atom. The predicted molar refractivity (Wildman–Crippen MR) is 60.8 cm³/mol. The van der Waals surface area contributed by atoms with E-state index in [1.165, 1.54) is 17.0 Å². The fourth-order valence-electron chi connectivity index (χ4n) is 1.86. The van der Waals surface area contributed by atoms with Crippen LogP contribution in [-0.2, 0) is 11.3 Å². The number of halogens is 1. The van der Waals surface area contributed by atoms with Crippen LogP contribution in [0.15, 0.2) is 24.3 Å². The SMILES string of the molecule is CC1(CN)CN(Cc2cccc(F)c2)C(=O)O1. The van der Waals surface area contributed by atoms with Crippen molar-refractivity contribution in [2.75, 3.05) is 13.1 Å². The van der Waals surface area contributed by atoms with Gasteiger partial charge >= 0.3 is 6.09 Å². The number of cyclic esters (lactones) is 1. The Morgan fingerprint density at radius 3 is 2.94 bits per heavy atom. The molecule has 0 saturated carbocycles. The first-order chi connectivity index (χ1) is 8.02. The molecule has 0 bridgehead atoms. The Bertz CT molecular complexity index is 438. The Morgan fingerprint density at radius 2 is 2.35 bits per heavy atom. The summed E-state index contributed by atoms with van der Waals surface area (Å²) < 4.78 is 18.2. The molecule has 0 radical (unpaired) electrons. The second-order valence-corrected chi connectivity index (χ2v) is 4.51. The average Bonchev–Trinajstić information content (AvgIpc) is 2.55. The third-order valence-corrected chi connectivity index (χ3v) is 2.81. The molecule has 1 heterocycles. The first-order valence-electron chi connectivity index (χ1n) is 5.45. The Kier molecular flexibility index (Phi) is 3.02. The third-order valence-electron chi connectivity index (χ3n) is 2.81. The van der Waals surface area contributed by atoms with Crippen LogP contribution in [0.1, 0.15) is 12.5 Å². The second kappa shape index (κ2) is 4.33. The minimum atomic E-state index is -0.635. The highest BCUT2D eigenvalue weighted by Crippen LogP contribution is 2.23. The lowest BCUT2D eigenvalue weighted by Crippen LogP contribution is -2.38. The van der Waals surface area contributed by atoms with Gasteiger partial charge in [0.25, 0.3) is 0 Å².